The second-order valence-electron chi connectivity index (χ2n) is 5.22. The standard InChI is InChI=1S/C16H15N5O2/c1-10(2)19-15(22)12-5-3-4-11(8-12)14-20-16(23-21-14)13-9-17-6-7-18-13/h3-10H,1-2H3,(H,19,22). The average Bonchev–Trinajstić information content (AvgIpc) is 3.05. The van der Waals surface area contributed by atoms with E-state index in [1.54, 1.807) is 36.8 Å². The molecule has 116 valence electrons. The lowest BCUT2D eigenvalue weighted by molar-refractivity contribution is 0.0943. The van der Waals surface area contributed by atoms with Gasteiger partial charge in [-0.2, -0.15) is 4.98 Å². The van der Waals surface area contributed by atoms with Gasteiger partial charge in [0.15, 0.2) is 0 Å². The molecule has 0 spiro atoms. The van der Waals surface area contributed by atoms with E-state index in [-0.39, 0.29) is 17.8 Å². The van der Waals surface area contributed by atoms with Gasteiger partial charge in [-0.15, -0.1) is 0 Å². The van der Waals surface area contributed by atoms with Crippen LogP contribution in [-0.4, -0.2) is 32.1 Å². The van der Waals surface area contributed by atoms with E-state index in [1.165, 1.54) is 0 Å². The molecule has 7 nitrogen and oxygen atoms in total. The van der Waals surface area contributed by atoms with Crippen molar-refractivity contribution in [2.45, 2.75) is 19.9 Å². The molecule has 0 radical (unpaired) electrons. The van der Waals surface area contributed by atoms with Crippen molar-refractivity contribution in [2.24, 2.45) is 0 Å². The van der Waals surface area contributed by atoms with Crippen LogP contribution in [0.3, 0.4) is 0 Å². The Morgan fingerprint density at radius 1 is 1.26 bits per heavy atom. The predicted molar refractivity (Wildman–Crippen MR) is 83.4 cm³/mol. The molecule has 0 aliphatic rings. The van der Waals surface area contributed by atoms with Crippen LogP contribution in [0, 0.1) is 0 Å². The van der Waals surface area contributed by atoms with Crippen LogP contribution in [0.2, 0.25) is 0 Å². The van der Waals surface area contributed by atoms with Crippen molar-refractivity contribution in [3.8, 4) is 23.0 Å². The van der Waals surface area contributed by atoms with Crippen LogP contribution in [0.25, 0.3) is 23.0 Å². The number of nitrogens with zero attached hydrogens (tertiary/aromatic N) is 4. The molecule has 23 heavy (non-hydrogen) atoms. The molecule has 3 aromatic rings. The van der Waals surface area contributed by atoms with Crippen molar-refractivity contribution in [1.82, 2.24) is 25.4 Å². The fourth-order valence-corrected chi connectivity index (χ4v) is 2.00. The largest absolute Gasteiger partial charge is 0.350 e. The van der Waals surface area contributed by atoms with Crippen molar-refractivity contribution in [2.75, 3.05) is 0 Å². The number of hydrogen-bond acceptors (Lipinski definition) is 6. The molecule has 0 atom stereocenters. The summed E-state index contributed by atoms with van der Waals surface area (Å²) in [5.41, 5.74) is 1.74. The Balaban J connectivity index is 1.88. The van der Waals surface area contributed by atoms with Crippen LogP contribution in [0.4, 0.5) is 0 Å². The van der Waals surface area contributed by atoms with Crippen molar-refractivity contribution in [1.29, 1.82) is 0 Å². The number of hydrogen-bond donors (Lipinski definition) is 1. The Labute approximate surface area is 132 Å². The van der Waals surface area contributed by atoms with E-state index in [1.807, 2.05) is 19.9 Å². The van der Waals surface area contributed by atoms with E-state index in [0.717, 1.165) is 0 Å². The predicted octanol–water partition coefficient (Wildman–Crippen LogP) is 2.33. The van der Waals surface area contributed by atoms with Crippen LogP contribution >= 0.6 is 0 Å². The average molecular weight is 309 g/mol. The second kappa shape index (κ2) is 6.35. The fraction of sp³-hybridized carbons (Fsp3) is 0.188. The molecule has 0 saturated heterocycles. The molecule has 1 amide bonds. The zero-order valence-electron chi connectivity index (χ0n) is 12.7. The summed E-state index contributed by atoms with van der Waals surface area (Å²) in [6.45, 7) is 3.82. The van der Waals surface area contributed by atoms with Gasteiger partial charge in [0.25, 0.3) is 11.8 Å². The zero-order valence-corrected chi connectivity index (χ0v) is 12.7. The highest BCUT2D eigenvalue weighted by Crippen LogP contribution is 2.21. The first-order chi connectivity index (χ1) is 11.1. The molecule has 0 unspecified atom stereocenters. The Bertz CT molecular complexity index is 814. The van der Waals surface area contributed by atoms with E-state index in [4.69, 9.17) is 4.52 Å². The SMILES string of the molecule is CC(C)NC(=O)c1cccc(-c2noc(-c3cnccn3)n2)c1. The minimum atomic E-state index is -0.139. The maximum atomic E-state index is 12.1. The Hall–Kier alpha value is -3.09. The second-order valence-corrected chi connectivity index (χ2v) is 5.22. The molecule has 0 aliphatic heterocycles. The van der Waals surface area contributed by atoms with E-state index in [2.05, 4.69) is 25.4 Å². The molecular weight excluding hydrogens is 294 g/mol. The lowest BCUT2D eigenvalue weighted by Gasteiger charge is -2.08. The van der Waals surface area contributed by atoms with Crippen LogP contribution in [0.15, 0.2) is 47.4 Å². The number of amides is 1. The molecule has 0 bridgehead atoms. The first kappa shape index (κ1) is 14.8. The molecular formula is C16H15N5O2. The zero-order chi connectivity index (χ0) is 16.2. The summed E-state index contributed by atoms with van der Waals surface area (Å²) in [7, 11) is 0. The summed E-state index contributed by atoms with van der Waals surface area (Å²) >= 11 is 0. The monoisotopic (exact) mass is 309 g/mol. The fourth-order valence-electron chi connectivity index (χ4n) is 2.00. The number of nitrogens with one attached hydrogen (secondary N) is 1. The third kappa shape index (κ3) is 3.39. The van der Waals surface area contributed by atoms with Gasteiger partial charge in [-0.1, -0.05) is 17.3 Å². The third-order valence-corrected chi connectivity index (χ3v) is 3.01. The van der Waals surface area contributed by atoms with Gasteiger partial charge in [-0.3, -0.25) is 9.78 Å². The number of carbonyl (C=O) groups is 1. The van der Waals surface area contributed by atoms with Gasteiger partial charge in [-0.05, 0) is 26.0 Å². The smallest absolute Gasteiger partial charge is 0.278 e. The summed E-state index contributed by atoms with van der Waals surface area (Å²) in [5, 5.41) is 6.79. The van der Waals surface area contributed by atoms with Gasteiger partial charge in [0.05, 0.1) is 6.20 Å². The maximum Gasteiger partial charge on any atom is 0.278 e. The molecule has 7 heteroatoms. The molecule has 0 fully saturated rings. The number of aromatic nitrogens is 4. The summed E-state index contributed by atoms with van der Waals surface area (Å²) in [6.07, 6.45) is 4.66. The Morgan fingerprint density at radius 2 is 2.13 bits per heavy atom. The van der Waals surface area contributed by atoms with Gasteiger partial charge in [0.1, 0.15) is 5.69 Å². The van der Waals surface area contributed by atoms with Gasteiger partial charge in [0.2, 0.25) is 5.82 Å². The lowest BCUT2D eigenvalue weighted by atomic mass is 10.1. The first-order valence-corrected chi connectivity index (χ1v) is 7.15. The van der Waals surface area contributed by atoms with E-state index in [9.17, 15) is 4.79 Å². The summed E-state index contributed by atoms with van der Waals surface area (Å²) in [6, 6.07) is 7.13. The van der Waals surface area contributed by atoms with E-state index >= 15 is 0 Å². The molecule has 1 N–H and O–H groups in total. The van der Waals surface area contributed by atoms with Crippen molar-refractivity contribution < 1.29 is 9.32 Å². The highest BCUT2D eigenvalue weighted by Gasteiger charge is 2.14. The Morgan fingerprint density at radius 3 is 2.87 bits per heavy atom. The van der Waals surface area contributed by atoms with Gasteiger partial charge in [-0.25, -0.2) is 4.98 Å². The summed E-state index contributed by atoms with van der Waals surface area (Å²) in [5.74, 6) is 0.537. The summed E-state index contributed by atoms with van der Waals surface area (Å²) < 4.78 is 5.21. The topological polar surface area (TPSA) is 93.8 Å². The van der Waals surface area contributed by atoms with Crippen molar-refractivity contribution >= 4 is 5.91 Å². The normalized spacial score (nSPS) is 10.7. The molecule has 0 saturated carbocycles. The lowest BCUT2D eigenvalue weighted by Crippen LogP contribution is -2.30. The molecule has 2 aromatic heterocycles. The number of benzene rings is 1. The number of rotatable bonds is 4. The van der Waals surface area contributed by atoms with Gasteiger partial charge >= 0.3 is 0 Å². The third-order valence-electron chi connectivity index (χ3n) is 3.01. The minimum Gasteiger partial charge on any atom is -0.350 e. The molecule has 0 aliphatic carbocycles. The van der Waals surface area contributed by atoms with Gasteiger partial charge in [0, 0.05) is 29.6 Å². The highest BCUT2D eigenvalue weighted by atomic mass is 16.5. The molecule has 2 heterocycles. The van der Waals surface area contributed by atoms with Crippen LogP contribution < -0.4 is 5.32 Å². The molecule has 1 aromatic carbocycles. The maximum absolute atomic E-state index is 12.1. The van der Waals surface area contributed by atoms with E-state index in [0.29, 0.717) is 22.6 Å². The van der Waals surface area contributed by atoms with Crippen LogP contribution in [0.1, 0.15) is 24.2 Å². The van der Waals surface area contributed by atoms with Gasteiger partial charge < -0.3 is 9.84 Å². The first-order valence-electron chi connectivity index (χ1n) is 7.15. The van der Waals surface area contributed by atoms with E-state index < -0.39 is 0 Å². The van der Waals surface area contributed by atoms with Crippen molar-refractivity contribution in [3.63, 3.8) is 0 Å². The minimum absolute atomic E-state index is 0.0691. The molecule has 3 rings (SSSR count). The Kier molecular flexibility index (Phi) is 4.09. The van der Waals surface area contributed by atoms with Crippen molar-refractivity contribution in [3.05, 3.63) is 48.4 Å². The highest BCUT2D eigenvalue weighted by molar-refractivity contribution is 5.95. The quantitative estimate of drug-likeness (QED) is 0.795. The van der Waals surface area contributed by atoms with Crippen LogP contribution in [0.5, 0.6) is 0 Å². The number of carbonyl (C=O) groups excluding carboxylic acids is 1. The van der Waals surface area contributed by atoms with Crippen LogP contribution in [-0.2, 0) is 0 Å². The summed E-state index contributed by atoms with van der Waals surface area (Å²) in [4.78, 5) is 24.4.